The second-order valence-corrected chi connectivity index (χ2v) is 9.42. The topological polar surface area (TPSA) is 75.3 Å². The Hall–Kier alpha value is -1.41. The molecule has 1 aliphatic carbocycles. The molecule has 1 aliphatic rings. The highest BCUT2D eigenvalue weighted by atomic mass is 35.5. The van der Waals surface area contributed by atoms with E-state index >= 15 is 0 Å². The zero-order valence-corrected chi connectivity index (χ0v) is 15.4. The van der Waals surface area contributed by atoms with Crippen LogP contribution in [-0.2, 0) is 26.8 Å². The molecule has 1 aromatic carbocycles. The van der Waals surface area contributed by atoms with Crippen molar-refractivity contribution in [2.75, 3.05) is 7.05 Å². The highest BCUT2D eigenvalue weighted by molar-refractivity contribution is 7.91. The van der Waals surface area contributed by atoms with Crippen LogP contribution in [0.4, 0.5) is 0 Å². The third-order valence-corrected chi connectivity index (χ3v) is 7.42. The maximum absolute atomic E-state index is 12.6. The number of sulfonamides is 1. The molecule has 1 aromatic heterocycles. The van der Waals surface area contributed by atoms with Gasteiger partial charge in [-0.1, -0.05) is 23.7 Å². The van der Waals surface area contributed by atoms with Gasteiger partial charge in [0.15, 0.2) is 0 Å². The van der Waals surface area contributed by atoms with Gasteiger partial charge in [-0.15, -0.1) is 11.3 Å². The van der Waals surface area contributed by atoms with Crippen LogP contribution in [-0.4, -0.2) is 21.4 Å². The lowest BCUT2D eigenvalue weighted by Gasteiger charge is -2.15. The van der Waals surface area contributed by atoms with Gasteiger partial charge in [-0.3, -0.25) is 4.79 Å². The Morgan fingerprint density at radius 2 is 1.88 bits per heavy atom. The Labute approximate surface area is 150 Å². The number of rotatable bonds is 6. The molecule has 0 unspecified atom stereocenters. The van der Waals surface area contributed by atoms with Crippen LogP contribution < -0.4 is 10.0 Å². The molecular formula is C16H17ClN2O3S2. The first-order chi connectivity index (χ1) is 11.4. The van der Waals surface area contributed by atoms with Crippen LogP contribution in [0.3, 0.4) is 0 Å². The molecule has 2 N–H and O–H groups in total. The van der Waals surface area contributed by atoms with Crippen molar-refractivity contribution in [2.24, 2.45) is 0 Å². The van der Waals surface area contributed by atoms with Crippen molar-refractivity contribution < 1.29 is 13.2 Å². The number of carbonyl (C=O) groups excluding carboxylic acids is 1. The summed E-state index contributed by atoms with van der Waals surface area (Å²) in [6, 6.07) is 10.6. The van der Waals surface area contributed by atoms with Gasteiger partial charge < -0.3 is 5.32 Å². The molecule has 1 heterocycles. The van der Waals surface area contributed by atoms with Crippen molar-refractivity contribution in [3.05, 3.63) is 51.9 Å². The fourth-order valence-corrected chi connectivity index (χ4v) is 4.83. The number of hydrogen-bond donors (Lipinski definition) is 2. The van der Waals surface area contributed by atoms with Crippen molar-refractivity contribution in [3.63, 3.8) is 0 Å². The molecule has 0 atom stereocenters. The van der Waals surface area contributed by atoms with Gasteiger partial charge in [0.25, 0.3) is 0 Å². The quantitative estimate of drug-likeness (QED) is 0.803. The molecule has 5 nitrogen and oxygen atoms in total. The van der Waals surface area contributed by atoms with Crippen molar-refractivity contribution >= 4 is 38.9 Å². The lowest BCUT2D eigenvalue weighted by molar-refractivity contribution is -0.123. The fraction of sp³-hybridized carbons (Fsp3) is 0.312. The molecule has 0 saturated heterocycles. The molecule has 24 heavy (non-hydrogen) atoms. The van der Waals surface area contributed by atoms with Crippen LogP contribution in [0.15, 0.2) is 40.6 Å². The zero-order chi connectivity index (χ0) is 17.4. The summed E-state index contributed by atoms with van der Waals surface area (Å²) in [6.07, 6.45) is 1.62. The second kappa shape index (κ2) is 6.48. The predicted octanol–water partition coefficient (Wildman–Crippen LogP) is 2.66. The molecule has 128 valence electrons. The molecule has 3 rings (SSSR count). The summed E-state index contributed by atoms with van der Waals surface area (Å²) in [5.41, 5.74) is 0.496. The monoisotopic (exact) mass is 384 g/mol. The summed E-state index contributed by atoms with van der Waals surface area (Å²) >= 11 is 7.05. The Bertz CT molecular complexity index is 856. The van der Waals surface area contributed by atoms with Crippen LogP contribution in [0, 0.1) is 0 Å². The lowest BCUT2D eigenvalue weighted by Crippen LogP contribution is -2.34. The Morgan fingerprint density at radius 1 is 1.21 bits per heavy atom. The van der Waals surface area contributed by atoms with Gasteiger partial charge in [-0.2, -0.15) is 0 Å². The van der Waals surface area contributed by atoms with E-state index in [0.29, 0.717) is 11.6 Å². The van der Waals surface area contributed by atoms with E-state index in [9.17, 15) is 13.2 Å². The van der Waals surface area contributed by atoms with E-state index in [1.165, 1.54) is 7.05 Å². The minimum absolute atomic E-state index is 0.0313. The molecule has 2 aromatic rings. The third kappa shape index (κ3) is 3.35. The average Bonchev–Trinajstić information content (AvgIpc) is 3.24. The molecule has 0 aliphatic heterocycles. The first-order valence-electron chi connectivity index (χ1n) is 7.44. The molecule has 0 bridgehead atoms. The van der Waals surface area contributed by atoms with Crippen molar-refractivity contribution in [1.82, 2.24) is 10.0 Å². The lowest BCUT2D eigenvalue weighted by atomic mass is 9.95. The molecule has 1 amide bonds. The van der Waals surface area contributed by atoms with Crippen molar-refractivity contribution in [3.8, 4) is 0 Å². The maximum Gasteiger partial charge on any atom is 0.249 e. The van der Waals surface area contributed by atoms with Gasteiger partial charge in [-0.05, 0) is 49.7 Å². The van der Waals surface area contributed by atoms with Gasteiger partial charge in [-0.25, -0.2) is 13.1 Å². The summed E-state index contributed by atoms with van der Waals surface area (Å²) in [5.74, 6) is -0.0313. The highest BCUT2D eigenvalue weighted by Crippen LogP contribution is 2.48. The normalized spacial score (nSPS) is 15.9. The first kappa shape index (κ1) is 17.4. The van der Waals surface area contributed by atoms with Crippen molar-refractivity contribution in [2.45, 2.75) is 29.0 Å². The number of carbonyl (C=O) groups is 1. The summed E-state index contributed by atoms with van der Waals surface area (Å²) in [5, 5.41) is 3.57. The summed E-state index contributed by atoms with van der Waals surface area (Å²) in [7, 11) is -2.06. The number of thiophene rings is 1. The molecule has 0 spiro atoms. The SMILES string of the molecule is CNS(=O)(=O)c1ccc(CNC(=O)C2(c3ccc(Cl)cc3)CC2)s1. The minimum atomic E-state index is -3.44. The Balaban J connectivity index is 1.67. The van der Waals surface area contributed by atoms with E-state index in [2.05, 4.69) is 10.0 Å². The first-order valence-corrected chi connectivity index (χ1v) is 10.1. The van der Waals surface area contributed by atoms with Crippen LogP contribution >= 0.6 is 22.9 Å². The average molecular weight is 385 g/mol. The van der Waals surface area contributed by atoms with Crippen LogP contribution in [0.5, 0.6) is 0 Å². The minimum Gasteiger partial charge on any atom is -0.350 e. The molecular weight excluding hydrogens is 368 g/mol. The number of halogens is 1. The zero-order valence-electron chi connectivity index (χ0n) is 13.0. The number of amides is 1. The summed E-state index contributed by atoms with van der Waals surface area (Å²) in [6.45, 7) is 0.318. The molecule has 1 saturated carbocycles. The number of hydrogen-bond acceptors (Lipinski definition) is 4. The van der Waals surface area contributed by atoms with Gasteiger partial charge in [0.2, 0.25) is 15.9 Å². The van der Waals surface area contributed by atoms with E-state index in [1.54, 1.807) is 24.3 Å². The third-order valence-electron chi connectivity index (χ3n) is 4.18. The van der Waals surface area contributed by atoms with E-state index < -0.39 is 15.4 Å². The van der Waals surface area contributed by atoms with Crippen molar-refractivity contribution in [1.29, 1.82) is 0 Å². The Kier molecular flexibility index (Phi) is 4.70. The predicted molar refractivity (Wildman–Crippen MR) is 94.8 cm³/mol. The van der Waals surface area contributed by atoms with Crippen LogP contribution in [0.1, 0.15) is 23.3 Å². The summed E-state index contributed by atoms with van der Waals surface area (Å²) in [4.78, 5) is 13.4. The van der Waals surface area contributed by atoms with Crippen LogP contribution in [0.2, 0.25) is 5.02 Å². The van der Waals surface area contributed by atoms with Gasteiger partial charge in [0.05, 0.1) is 12.0 Å². The van der Waals surface area contributed by atoms with E-state index in [-0.39, 0.29) is 10.1 Å². The smallest absolute Gasteiger partial charge is 0.249 e. The molecule has 8 heteroatoms. The van der Waals surface area contributed by atoms with Gasteiger partial charge >= 0.3 is 0 Å². The fourth-order valence-electron chi connectivity index (χ4n) is 2.58. The number of benzene rings is 1. The highest BCUT2D eigenvalue weighted by Gasteiger charge is 2.51. The van der Waals surface area contributed by atoms with E-state index in [1.807, 2.05) is 12.1 Å². The van der Waals surface area contributed by atoms with E-state index in [0.717, 1.165) is 34.6 Å². The second-order valence-electron chi connectivity index (χ2n) is 5.70. The maximum atomic E-state index is 12.6. The number of nitrogens with one attached hydrogen (secondary N) is 2. The Morgan fingerprint density at radius 3 is 2.46 bits per heavy atom. The standard InChI is InChI=1S/C16H17ClN2O3S2/c1-18-24(21,22)14-7-6-13(23-14)10-19-15(20)16(8-9-16)11-2-4-12(17)5-3-11/h2-7,18H,8-10H2,1H3,(H,19,20). The molecule has 0 radical (unpaired) electrons. The van der Waals surface area contributed by atoms with Crippen LogP contribution in [0.25, 0.3) is 0 Å². The van der Waals surface area contributed by atoms with Gasteiger partial charge in [0.1, 0.15) is 4.21 Å². The van der Waals surface area contributed by atoms with E-state index in [4.69, 9.17) is 11.6 Å². The molecule has 1 fully saturated rings. The summed E-state index contributed by atoms with van der Waals surface area (Å²) < 4.78 is 26.0. The van der Waals surface area contributed by atoms with Gasteiger partial charge in [0, 0.05) is 9.90 Å². The largest absolute Gasteiger partial charge is 0.350 e.